The second-order valence-corrected chi connectivity index (χ2v) is 8.47. The van der Waals surface area contributed by atoms with Gasteiger partial charge in [-0.3, -0.25) is 9.48 Å². The molecule has 0 radical (unpaired) electrons. The van der Waals surface area contributed by atoms with E-state index < -0.39 is 0 Å². The largest absolute Gasteiger partial charge is 0.345 e. The van der Waals surface area contributed by atoms with E-state index in [1.54, 1.807) is 29.3 Å². The van der Waals surface area contributed by atoms with Crippen LogP contribution >= 0.6 is 0 Å². The van der Waals surface area contributed by atoms with Crippen molar-refractivity contribution >= 4 is 28.3 Å². The number of carbonyl (C=O) groups excluding carboxylic acids is 1. The van der Waals surface area contributed by atoms with Crippen LogP contribution in [0.2, 0.25) is 0 Å². The predicted octanol–water partition coefficient (Wildman–Crippen LogP) is 2.99. The van der Waals surface area contributed by atoms with Crippen LogP contribution < -0.4 is 5.32 Å². The first-order valence-corrected chi connectivity index (χ1v) is 11.0. The molecule has 5 aromatic heterocycles. The Morgan fingerprint density at radius 1 is 1.18 bits per heavy atom. The van der Waals surface area contributed by atoms with Gasteiger partial charge in [-0.05, 0) is 51.2 Å². The molecule has 0 bridgehead atoms. The van der Waals surface area contributed by atoms with Gasteiger partial charge >= 0.3 is 0 Å². The Balaban J connectivity index is 1.24. The van der Waals surface area contributed by atoms with Gasteiger partial charge in [-0.1, -0.05) is 0 Å². The normalized spacial score (nSPS) is 15.4. The van der Waals surface area contributed by atoms with E-state index in [9.17, 15) is 4.79 Å². The van der Waals surface area contributed by atoms with Crippen molar-refractivity contribution in [1.82, 2.24) is 39.2 Å². The lowest BCUT2D eigenvalue weighted by molar-refractivity contribution is 0.102. The summed E-state index contributed by atoms with van der Waals surface area (Å²) < 4.78 is 3.69. The zero-order valence-electron chi connectivity index (χ0n) is 18.1. The molecule has 5 aromatic rings. The quantitative estimate of drug-likeness (QED) is 0.444. The zero-order valence-corrected chi connectivity index (χ0v) is 18.1. The molecule has 6 heterocycles. The first-order chi connectivity index (χ1) is 16.1. The van der Waals surface area contributed by atoms with Crippen molar-refractivity contribution < 1.29 is 4.79 Å². The Kier molecular flexibility index (Phi) is 4.65. The van der Waals surface area contributed by atoms with Gasteiger partial charge in [-0.15, -0.1) is 0 Å². The molecule has 2 N–H and O–H groups in total. The van der Waals surface area contributed by atoms with Crippen molar-refractivity contribution in [3.63, 3.8) is 0 Å². The Labute approximate surface area is 189 Å². The van der Waals surface area contributed by atoms with E-state index >= 15 is 0 Å². The number of piperidine rings is 1. The Bertz CT molecular complexity index is 1460. The molecule has 0 aliphatic carbocycles. The van der Waals surface area contributed by atoms with Crippen LogP contribution in [0.5, 0.6) is 0 Å². The number of H-pyrrole nitrogens is 1. The van der Waals surface area contributed by atoms with Crippen LogP contribution in [0.25, 0.3) is 27.9 Å². The van der Waals surface area contributed by atoms with Crippen LogP contribution in [0.4, 0.5) is 5.69 Å². The van der Waals surface area contributed by atoms with E-state index in [1.165, 1.54) is 0 Å². The van der Waals surface area contributed by atoms with Crippen molar-refractivity contribution in [2.75, 3.05) is 25.5 Å². The third-order valence-corrected chi connectivity index (χ3v) is 6.25. The van der Waals surface area contributed by atoms with E-state index in [1.807, 2.05) is 35.3 Å². The molecule has 10 nitrogen and oxygen atoms in total. The number of pyridine rings is 1. The predicted molar refractivity (Wildman–Crippen MR) is 124 cm³/mol. The van der Waals surface area contributed by atoms with Gasteiger partial charge in [-0.2, -0.15) is 10.2 Å². The first kappa shape index (κ1) is 19.6. The van der Waals surface area contributed by atoms with Gasteiger partial charge in [0.15, 0.2) is 5.65 Å². The molecule has 10 heteroatoms. The second kappa shape index (κ2) is 7.82. The molecule has 166 valence electrons. The van der Waals surface area contributed by atoms with Crippen LogP contribution in [-0.4, -0.2) is 65.3 Å². The van der Waals surface area contributed by atoms with Gasteiger partial charge in [0, 0.05) is 41.9 Å². The Hall–Kier alpha value is -4.05. The maximum absolute atomic E-state index is 13.0. The van der Waals surface area contributed by atoms with Crippen LogP contribution in [-0.2, 0) is 0 Å². The number of rotatable bonds is 4. The third kappa shape index (κ3) is 3.64. The van der Waals surface area contributed by atoms with Gasteiger partial charge in [0.2, 0.25) is 0 Å². The average Bonchev–Trinajstić information content (AvgIpc) is 3.58. The number of nitrogens with zero attached hydrogens (tertiary/aromatic N) is 7. The molecule has 1 saturated heterocycles. The number of likely N-dealkylation sites (tertiary alicyclic amines) is 1. The van der Waals surface area contributed by atoms with Gasteiger partial charge in [0.05, 0.1) is 29.2 Å². The van der Waals surface area contributed by atoms with E-state index in [0.29, 0.717) is 22.9 Å². The number of hydrogen-bond acceptors (Lipinski definition) is 6. The van der Waals surface area contributed by atoms with E-state index in [-0.39, 0.29) is 5.91 Å². The number of imidazole rings is 1. The minimum absolute atomic E-state index is 0.225. The molecule has 0 aromatic carbocycles. The lowest BCUT2D eigenvalue weighted by Crippen LogP contribution is -2.31. The van der Waals surface area contributed by atoms with Crippen molar-refractivity contribution in [3.05, 3.63) is 60.9 Å². The molecular formula is C23H23N9O. The molecule has 0 atom stereocenters. The van der Waals surface area contributed by atoms with Gasteiger partial charge < -0.3 is 15.2 Å². The first-order valence-electron chi connectivity index (χ1n) is 11.0. The number of aromatic nitrogens is 7. The zero-order chi connectivity index (χ0) is 22.4. The van der Waals surface area contributed by atoms with Gasteiger partial charge in [0.25, 0.3) is 5.91 Å². The summed E-state index contributed by atoms with van der Waals surface area (Å²) in [6, 6.07) is 6.03. The molecule has 1 aliphatic rings. The fourth-order valence-electron chi connectivity index (χ4n) is 4.36. The minimum Gasteiger partial charge on any atom is -0.345 e. The van der Waals surface area contributed by atoms with Crippen LogP contribution in [0.1, 0.15) is 29.2 Å². The van der Waals surface area contributed by atoms with E-state index in [2.05, 4.69) is 42.4 Å². The molecular weight excluding hydrogens is 418 g/mol. The number of nitrogens with one attached hydrogen (secondary N) is 2. The number of anilines is 1. The maximum atomic E-state index is 13.0. The highest BCUT2D eigenvalue weighted by Crippen LogP contribution is 2.27. The molecule has 0 saturated carbocycles. The number of aromatic amines is 1. The van der Waals surface area contributed by atoms with Gasteiger partial charge in [0.1, 0.15) is 5.65 Å². The highest BCUT2D eigenvalue weighted by Gasteiger charge is 2.20. The lowest BCUT2D eigenvalue weighted by Gasteiger charge is -2.28. The summed E-state index contributed by atoms with van der Waals surface area (Å²) in [6.45, 7) is 2.11. The summed E-state index contributed by atoms with van der Waals surface area (Å²) in [6.07, 6.45) is 12.7. The molecule has 1 amide bonds. The maximum Gasteiger partial charge on any atom is 0.257 e. The minimum atomic E-state index is -0.225. The Morgan fingerprint density at radius 2 is 2.06 bits per heavy atom. The molecule has 1 aliphatic heterocycles. The molecule has 0 spiro atoms. The number of carbonyl (C=O) groups is 1. The Morgan fingerprint density at radius 3 is 2.94 bits per heavy atom. The molecule has 33 heavy (non-hydrogen) atoms. The second-order valence-electron chi connectivity index (χ2n) is 8.47. The molecule has 6 rings (SSSR count). The summed E-state index contributed by atoms with van der Waals surface area (Å²) in [5.74, 6) is -0.225. The smallest absolute Gasteiger partial charge is 0.257 e. The number of hydrogen-bond donors (Lipinski definition) is 2. The summed E-state index contributed by atoms with van der Waals surface area (Å²) >= 11 is 0. The molecule has 1 fully saturated rings. The summed E-state index contributed by atoms with van der Waals surface area (Å²) in [7, 11) is 2.14. The highest BCUT2D eigenvalue weighted by molar-refractivity contribution is 6.06. The number of amides is 1. The highest BCUT2D eigenvalue weighted by atomic mass is 16.1. The lowest BCUT2D eigenvalue weighted by atomic mass is 10.1. The van der Waals surface area contributed by atoms with Crippen molar-refractivity contribution in [2.45, 2.75) is 18.9 Å². The van der Waals surface area contributed by atoms with Crippen LogP contribution in [0.15, 0.2) is 55.4 Å². The van der Waals surface area contributed by atoms with E-state index in [0.717, 1.165) is 48.2 Å². The van der Waals surface area contributed by atoms with E-state index in [4.69, 9.17) is 0 Å². The van der Waals surface area contributed by atoms with Crippen molar-refractivity contribution in [1.29, 1.82) is 0 Å². The average molecular weight is 441 g/mol. The molecule has 0 unspecified atom stereocenters. The topological polar surface area (TPSA) is 109 Å². The van der Waals surface area contributed by atoms with Crippen molar-refractivity contribution in [2.24, 2.45) is 0 Å². The fraction of sp³-hybridized carbons (Fsp3) is 0.261. The SMILES string of the molecule is CN1CCC(n2cc(NC(=O)c3cnc4[nH]cc(-c5ccc6nccn6n5)c4c3)cn2)CC1. The number of fused-ring (bicyclic) bond motifs is 2. The third-order valence-electron chi connectivity index (χ3n) is 6.25. The monoisotopic (exact) mass is 441 g/mol. The standard InChI is InChI=1S/C23H23N9O/c1-30-7-4-17(5-8-30)32-14-16(12-27-32)28-23(33)15-10-18-19(13-26-22(18)25-11-15)20-2-3-21-24-6-9-31(21)29-20/h2-3,6,9-14,17H,4-5,7-8H2,1H3,(H,25,26)(H,28,33). The van der Waals surface area contributed by atoms with Crippen LogP contribution in [0, 0.1) is 0 Å². The summed E-state index contributed by atoms with van der Waals surface area (Å²) in [5, 5.41) is 12.9. The summed E-state index contributed by atoms with van der Waals surface area (Å²) in [4.78, 5) is 27.1. The summed E-state index contributed by atoms with van der Waals surface area (Å²) in [5.41, 5.74) is 4.27. The fourth-order valence-corrected chi connectivity index (χ4v) is 4.36. The van der Waals surface area contributed by atoms with Gasteiger partial charge in [-0.25, -0.2) is 14.5 Å². The van der Waals surface area contributed by atoms with Crippen LogP contribution in [0.3, 0.4) is 0 Å². The van der Waals surface area contributed by atoms with Crippen molar-refractivity contribution in [3.8, 4) is 11.3 Å².